The van der Waals surface area contributed by atoms with Gasteiger partial charge in [0, 0.05) is 24.9 Å². The van der Waals surface area contributed by atoms with E-state index in [9.17, 15) is 0 Å². The van der Waals surface area contributed by atoms with Gasteiger partial charge in [-0.15, -0.1) is 0 Å². The Kier molecular flexibility index (Phi) is 6.47. The molecule has 4 nitrogen and oxygen atoms in total. The van der Waals surface area contributed by atoms with Crippen molar-refractivity contribution in [1.82, 2.24) is 14.9 Å². The molecule has 114 valence electrons. The van der Waals surface area contributed by atoms with E-state index in [1.807, 2.05) is 0 Å². The lowest BCUT2D eigenvalue weighted by Gasteiger charge is -2.25. The summed E-state index contributed by atoms with van der Waals surface area (Å²) >= 11 is 3.34. The Morgan fingerprint density at radius 2 is 1.90 bits per heavy atom. The van der Waals surface area contributed by atoms with Gasteiger partial charge in [0.25, 0.3) is 0 Å². The van der Waals surface area contributed by atoms with Crippen LogP contribution in [0.1, 0.15) is 25.7 Å². The molecule has 1 heterocycles. The highest BCUT2D eigenvalue weighted by Crippen LogP contribution is 2.28. The molecule has 1 aliphatic carbocycles. The van der Waals surface area contributed by atoms with Crippen LogP contribution < -0.4 is 5.32 Å². The third-order valence-corrected chi connectivity index (χ3v) is 4.13. The van der Waals surface area contributed by atoms with E-state index >= 15 is 0 Å². The van der Waals surface area contributed by atoms with Gasteiger partial charge < -0.3 is 5.32 Å². The van der Waals surface area contributed by atoms with E-state index in [-0.39, 0.29) is 0 Å². The van der Waals surface area contributed by atoms with Gasteiger partial charge in [-0.25, -0.2) is 9.97 Å². The Balaban J connectivity index is 1.69. The maximum Gasteiger partial charge on any atom is 0.222 e. The lowest BCUT2D eigenvalue weighted by atomic mass is 9.82. The molecule has 5 heteroatoms. The van der Waals surface area contributed by atoms with Crippen molar-refractivity contribution in [1.29, 1.82) is 0 Å². The third-order valence-electron chi connectivity index (χ3n) is 3.72. The monoisotopic (exact) mass is 350 g/mol. The minimum atomic E-state index is 0.588. The Labute approximate surface area is 135 Å². The van der Waals surface area contributed by atoms with Crippen molar-refractivity contribution in [2.45, 2.75) is 25.7 Å². The van der Waals surface area contributed by atoms with E-state index in [4.69, 9.17) is 0 Å². The largest absolute Gasteiger partial charge is 0.354 e. The summed E-state index contributed by atoms with van der Waals surface area (Å²) < 4.78 is 0.907. The fraction of sp³-hybridized carbons (Fsp3) is 0.625. The van der Waals surface area contributed by atoms with Crippen molar-refractivity contribution in [2.24, 2.45) is 11.8 Å². The van der Waals surface area contributed by atoms with Crippen LogP contribution in [0.2, 0.25) is 0 Å². The van der Waals surface area contributed by atoms with Gasteiger partial charge in [-0.1, -0.05) is 11.8 Å². The molecule has 0 spiro atoms. The fourth-order valence-electron chi connectivity index (χ4n) is 2.50. The number of nitrogens with one attached hydrogen (secondary N) is 1. The summed E-state index contributed by atoms with van der Waals surface area (Å²) in [5, 5.41) is 3.33. The molecule has 1 N–H and O–H groups in total. The van der Waals surface area contributed by atoms with Crippen LogP contribution in [-0.4, -0.2) is 42.1 Å². The topological polar surface area (TPSA) is 41.0 Å². The molecule has 0 aliphatic heterocycles. The average molecular weight is 351 g/mol. The zero-order valence-electron chi connectivity index (χ0n) is 12.8. The van der Waals surface area contributed by atoms with Crippen molar-refractivity contribution < 1.29 is 0 Å². The van der Waals surface area contributed by atoms with Crippen molar-refractivity contribution >= 4 is 21.9 Å². The van der Waals surface area contributed by atoms with E-state index in [2.05, 4.69) is 62.1 Å². The fourth-order valence-corrected chi connectivity index (χ4v) is 2.70. The molecule has 1 fully saturated rings. The van der Waals surface area contributed by atoms with Crippen LogP contribution in [0.15, 0.2) is 16.9 Å². The second-order valence-corrected chi connectivity index (χ2v) is 6.80. The van der Waals surface area contributed by atoms with E-state index < -0.39 is 0 Å². The standard InChI is InChI=1S/C16H23BrN4/c1-21(2)9-3-4-13-5-7-14(8-6-13)10-18-16-19-11-15(17)12-20-16/h11-14H,5-10H2,1-2H3,(H,18,19,20)/t13-,14-. The molecule has 0 amide bonds. The normalized spacial score (nSPS) is 21.7. The number of hydrogen-bond donors (Lipinski definition) is 1. The molecular formula is C16H23BrN4. The number of halogens is 1. The van der Waals surface area contributed by atoms with Gasteiger partial charge in [0.15, 0.2) is 0 Å². The Hall–Kier alpha value is -1.12. The maximum atomic E-state index is 4.24. The summed E-state index contributed by atoms with van der Waals surface area (Å²) in [6, 6.07) is 0. The summed E-state index contributed by atoms with van der Waals surface area (Å²) in [5.41, 5.74) is 0. The minimum Gasteiger partial charge on any atom is -0.354 e. The van der Waals surface area contributed by atoms with E-state index in [1.54, 1.807) is 12.4 Å². The van der Waals surface area contributed by atoms with Crippen molar-refractivity contribution in [3.8, 4) is 11.8 Å². The third kappa shape index (κ3) is 6.03. The summed E-state index contributed by atoms with van der Waals surface area (Å²) in [7, 11) is 4.11. The zero-order chi connectivity index (χ0) is 15.1. The predicted molar refractivity (Wildman–Crippen MR) is 90.0 cm³/mol. The average Bonchev–Trinajstić information content (AvgIpc) is 2.48. The number of rotatable bonds is 4. The Morgan fingerprint density at radius 3 is 2.52 bits per heavy atom. The molecule has 0 atom stereocenters. The van der Waals surface area contributed by atoms with Crippen molar-refractivity contribution in [3.05, 3.63) is 16.9 Å². The molecule has 0 saturated heterocycles. The summed E-state index contributed by atoms with van der Waals surface area (Å²) in [4.78, 5) is 10.6. The van der Waals surface area contributed by atoms with E-state index in [1.165, 1.54) is 25.7 Å². The highest BCUT2D eigenvalue weighted by Gasteiger charge is 2.19. The number of hydrogen-bond acceptors (Lipinski definition) is 4. The van der Waals surface area contributed by atoms with Gasteiger partial charge in [0.05, 0.1) is 11.0 Å². The number of aromatic nitrogens is 2. The second-order valence-electron chi connectivity index (χ2n) is 5.88. The zero-order valence-corrected chi connectivity index (χ0v) is 14.4. The predicted octanol–water partition coefficient (Wildman–Crippen LogP) is 3.02. The molecule has 1 aromatic heterocycles. The molecule has 21 heavy (non-hydrogen) atoms. The molecule has 0 aromatic carbocycles. The van der Waals surface area contributed by atoms with Crippen LogP contribution in [0.4, 0.5) is 5.95 Å². The van der Waals surface area contributed by atoms with Crippen LogP contribution in [0.5, 0.6) is 0 Å². The quantitative estimate of drug-likeness (QED) is 0.847. The maximum absolute atomic E-state index is 4.24. The van der Waals surface area contributed by atoms with Gasteiger partial charge >= 0.3 is 0 Å². The van der Waals surface area contributed by atoms with Crippen molar-refractivity contribution in [2.75, 3.05) is 32.5 Å². The van der Waals surface area contributed by atoms with Gasteiger partial charge in [-0.05, 0) is 61.6 Å². The molecule has 2 rings (SSSR count). The molecular weight excluding hydrogens is 328 g/mol. The smallest absolute Gasteiger partial charge is 0.222 e. The van der Waals surface area contributed by atoms with Crippen LogP contribution in [0, 0.1) is 23.7 Å². The summed E-state index contributed by atoms with van der Waals surface area (Å²) in [5.74, 6) is 8.69. The Bertz CT molecular complexity index is 481. The highest BCUT2D eigenvalue weighted by atomic mass is 79.9. The first-order chi connectivity index (χ1) is 10.1. The Morgan fingerprint density at radius 1 is 1.24 bits per heavy atom. The van der Waals surface area contributed by atoms with Crippen LogP contribution in [0.3, 0.4) is 0 Å². The van der Waals surface area contributed by atoms with Gasteiger partial charge in [0.1, 0.15) is 0 Å². The van der Waals surface area contributed by atoms with Gasteiger partial charge in [0.2, 0.25) is 5.95 Å². The molecule has 0 unspecified atom stereocenters. The second kappa shape index (κ2) is 8.35. The molecule has 0 bridgehead atoms. The first kappa shape index (κ1) is 16.3. The summed E-state index contributed by atoms with van der Waals surface area (Å²) in [6.45, 7) is 1.82. The first-order valence-corrected chi connectivity index (χ1v) is 8.27. The van der Waals surface area contributed by atoms with E-state index in [0.717, 1.165) is 17.6 Å². The molecule has 0 radical (unpaired) electrons. The van der Waals surface area contributed by atoms with Crippen molar-refractivity contribution in [3.63, 3.8) is 0 Å². The first-order valence-electron chi connectivity index (χ1n) is 7.48. The lowest BCUT2D eigenvalue weighted by molar-refractivity contribution is 0.328. The van der Waals surface area contributed by atoms with Gasteiger partial charge in [-0.3, -0.25) is 4.90 Å². The van der Waals surface area contributed by atoms with Crippen LogP contribution in [0.25, 0.3) is 0 Å². The van der Waals surface area contributed by atoms with Gasteiger partial charge in [-0.2, -0.15) is 0 Å². The lowest BCUT2D eigenvalue weighted by Crippen LogP contribution is -2.21. The van der Waals surface area contributed by atoms with Crippen LogP contribution in [-0.2, 0) is 0 Å². The molecule has 1 aromatic rings. The van der Waals surface area contributed by atoms with Crippen LogP contribution >= 0.6 is 15.9 Å². The highest BCUT2D eigenvalue weighted by molar-refractivity contribution is 9.10. The number of anilines is 1. The molecule has 1 saturated carbocycles. The minimum absolute atomic E-state index is 0.588. The number of nitrogens with zero attached hydrogens (tertiary/aromatic N) is 3. The summed E-state index contributed by atoms with van der Waals surface area (Å²) in [6.07, 6.45) is 8.46. The molecule has 1 aliphatic rings. The van der Waals surface area contributed by atoms with E-state index in [0.29, 0.717) is 17.8 Å². The SMILES string of the molecule is CN(C)CC#C[C@H]1CC[C@H](CNc2ncc(Br)cn2)CC1.